The third kappa shape index (κ3) is 4.14. The van der Waals surface area contributed by atoms with Crippen LogP contribution in [0.4, 0.5) is 4.39 Å². The normalized spacial score (nSPS) is 19.4. The maximum Gasteiger partial charge on any atom is 0.132 e. The van der Waals surface area contributed by atoms with Crippen LogP contribution < -0.4 is 0 Å². The summed E-state index contributed by atoms with van der Waals surface area (Å²) < 4.78 is 17.0. The zero-order valence-corrected chi connectivity index (χ0v) is 17.8. The second kappa shape index (κ2) is 8.52. The largest absolute Gasteiger partial charge is 0.268 e. The van der Waals surface area contributed by atoms with Gasteiger partial charge in [0, 0.05) is 23.4 Å². The van der Waals surface area contributed by atoms with Crippen LogP contribution in [0.1, 0.15) is 50.3 Å². The van der Waals surface area contributed by atoms with Gasteiger partial charge in [-0.3, -0.25) is 4.68 Å². The van der Waals surface area contributed by atoms with Gasteiger partial charge in [0.1, 0.15) is 11.5 Å². The molecule has 2 nitrogen and oxygen atoms in total. The lowest BCUT2D eigenvalue weighted by Gasteiger charge is -2.28. The van der Waals surface area contributed by atoms with Gasteiger partial charge in [0.2, 0.25) is 0 Å². The van der Waals surface area contributed by atoms with Crippen LogP contribution >= 0.6 is 0 Å². The Morgan fingerprint density at radius 1 is 0.966 bits per heavy atom. The molecular formula is C26H31FN2. The maximum atomic E-state index is 14.9. The zero-order chi connectivity index (χ0) is 20.4. The average Bonchev–Trinajstić information content (AvgIpc) is 3.05. The van der Waals surface area contributed by atoms with Gasteiger partial charge in [-0.1, -0.05) is 62.6 Å². The van der Waals surface area contributed by atoms with Crippen LogP contribution in [-0.2, 0) is 6.54 Å². The molecule has 0 radical (unpaired) electrons. The molecule has 3 heteroatoms. The Bertz CT molecular complexity index is 966. The molecule has 0 aliphatic heterocycles. The first-order valence-corrected chi connectivity index (χ1v) is 11.0. The van der Waals surface area contributed by atoms with Crippen LogP contribution in [0.3, 0.4) is 0 Å². The molecule has 1 aliphatic rings. The first-order valence-electron chi connectivity index (χ1n) is 11.0. The van der Waals surface area contributed by atoms with Crippen molar-refractivity contribution in [3.05, 3.63) is 65.6 Å². The molecule has 0 bridgehead atoms. The molecule has 1 aliphatic carbocycles. The SMILES string of the molecule is CCC1CCC(Cn2nc(-c3ccc(C)cc3F)c(-c3ccccc3)c2C)CC1. The minimum atomic E-state index is -0.199. The van der Waals surface area contributed by atoms with Crippen LogP contribution in [0, 0.1) is 31.5 Å². The van der Waals surface area contributed by atoms with Crippen LogP contribution in [0.25, 0.3) is 22.4 Å². The van der Waals surface area contributed by atoms with E-state index >= 15 is 0 Å². The Morgan fingerprint density at radius 2 is 1.66 bits per heavy atom. The number of hydrogen-bond donors (Lipinski definition) is 0. The maximum absolute atomic E-state index is 14.9. The summed E-state index contributed by atoms with van der Waals surface area (Å²) >= 11 is 0. The van der Waals surface area contributed by atoms with E-state index in [2.05, 4.69) is 30.7 Å². The predicted molar refractivity (Wildman–Crippen MR) is 118 cm³/mol. The van der Waals surface area contributed by atoms with Gasteiger partial charge < -0.3 is 0 Å². The Balaban J connectivity index is 1.73. The Labute approximate surface area is 173 Å². The Hall–Kier alpha value is -2.42. The van der Waals surface area contributed by atoms with Crippen molar-refractivity contribution in [2.24, 2.45) is 11.8 Å². The van der Waals surface area contributed by atoms with E-state index in [1.807, 2.05) is 37.3 Å². The molecule has 4 rings (SSSR count). The molecule has 1 heterocycles. The zero-order valence-electron chi connectivity index (χ0n) is 17.8. The van der Waals surface area contributed by atoms with Crippen molar-refractivity contribution in [3.8, 4) is 22.4 Å². The average molecular weight is 391 g/mol. The molecular weight excluding hydrogens is 359 g/mol. The molecule has 2 aromatic carbocycles. The highest BCUT2D eigenvalue weighted by Gasteiger charge is 2.24. The van der Waals surface area contributed by atoms with Crippen molar-refractivity contribution in [1.82, 2.24) is 9.78 Å². The van der Waals surface area contributed by atoms with E-state index in [1.54, 1.807) is 6.07 Å². The van der Waals surface area contributed by atoms with Gasteiger partial charge in [-0.15, -0.1) is 0 Å². The molecule has 0 unspecified atom stereocenters. The van der Waals surface area contributed by atoms with E-state index in [4.69, 9.17) is 5.10 Å². The van der Waals surface area contributed by atoms with Crippen LogP contribution in [0.15, 0.2) is 48.5 Å². The molecule has 152 valence electrons. The van der Waals surface area contributed by atoms with Crippen LogP contribution in [0.5, 0.6) is 0 Å². The van der Waals surface area contributed by atoms with Crippen LogP contribution in [-0.4, -0.2) is 9.78 Å². The number of aryl methyl sites for hydroxylation is 1. The Morgan fingerprint density at radius 3 is 2.31 bits per heavy atom. The second-order valence-electron chi connectivity index (χ2n) is 8.64. The molecule has 0 N–H and O–H groups in total. The lowest BCUT2D eigenvalue weighted by atomic mass is 9.81. The van der Waals surface area contributed by atoms with E-state index < -0.39 is 0 Å². The molecule has 1 aromatic heterocycles. The summed E-state index contributed by atoms with van der Waals surface area (Å²) in [6, 6.07) is 15.7. The smallest absolute Gasteiger partial charge is 0.132 e. The molecule has 0 saturated heterocycles. The molecule has 0 amide bonds. The number of rotatable bonds is 5. The number of nitrogens with zero attached hydrogens (tertiary/aromatic N) is 2. The van der Waals surface area contributed by atoms with Gasteiger partial charge in [-0.05, 0) is 61.8 Å². The molecule has 0 spiro atoms. The summed E-state index contributed by atoms with van der Waals surface area (Å²) in [4.78, 5) is 0. The fourth-order valence-corrected chi connectivity index (χ4v) is 4.74. The first-order chi connectivity index (χ1) is 14.1. The molecule has 1 saturated carbocycles. The minimum Gasteiger partial charge on any atom is -0.268 e. The van der Waals surface area contributed by atoms with Crippen LogP contribution in [0.2, 0.25) is 0 Å². The highest BCUT2D eigenvalue weighted by Crippen LogP contribution is 2.37. The summed E-state index contributed by atoms with van der Waals surface area (Å²) in [6.07, 6.45) is 6.49. The van der Waals surface area contributed by atoms with Gasteiger partial charge >= 0.3 is 0 Å². The lowest BCUT2D eigenvalue weighted by molar-refractivity contribution is 0.241. The van der Waals surface area contributed by atoms with Crippen molar-refractivity contribution < 1.29 is 4.39 Å². The highest BCUT2D eigenvalue weighted by atomic mass is 19.1. The number of benzene rings is 2. The summed E-state index contributed by atoms with van der Waals surface area (Å²) in [5, 5.41) is 4.96. The van der Waals surface area contributed by atoms with Gasteiger partial charge in [0.25, 0.3) is 0 Å². The number of hydrogen-bond acceptors (Lipinski definition) is 1. The summed E-state index contributed by atoms with van der Waals surface area (Å²) in [5.74, 6) is 1.35. The van der Waals surface area contributed by atoms with Crippen molar-refractivity contribution in [2.75, 3.05) is 0 Å². The summed E-state index contributed by atoms with van der Waals surface area (Å²) in [6.45, 7) is 7.27. The van der Waals surface area contributed by atoms with E-state index in [0.29, 0.717) is 11.5 Å². The quantitative estimate of drug-likeness (QED) is 0.451. The summed E-state index contributed by atoms with van der Waals surface area (Å²) in [7, 11) is 0. The first kappa shape index (κ1) is 19.9. The Kier molecular flexibility index (Phi) is 5.84. The van der Waals surface area contributed by atoms with Crippen molar-refractivity contribution >= 4 is 0 Å². The predicted octanol–water partition coefficient (Wildman–Crippen LogP) is 7.19. The van der Waals surface area contributed by atoms with E-state index in [1.165, 1.54) is 32.1 Å². The fraction of sp³-hybridized carbons (Fsp3) is 0.423. The fourth-order valence-electron chi connectivity index (χ4n) is 4.74. The van der Waals surface area contributed by atoms with Gasteiger partial charge in [-0.25, -0.2) is 4.39 Å². The standard InChI is InChI=1S/C26H31FN2/c1-4-20-11-13-21(14-12-20)17-29-19(3)25(22-8-6-5-7-9-22)26(28-29)23-15-10-18(2)16-24(23)27/h5-10,15-16,20-21H,4,11-14,17H2,1-3H3. The lowest BCUT2D eigenvalue weighted by Crippen LogP contribution is -2.20. The molecule has 0 atom stereocenters. The molecule has 1 fully saturated rings. The summed E-state index contributed by atoms with van der Waals surface area (Å²) in [5.41, 5.74) is 5.55. The number of halogens is 1. The molecule has 29 heavy (non-hydrogen) atoms. The third-order valence-corrected chi connectivity index (χ3v) is 6.62. The van der Waals surface area contributed by atoms with Crippen molar-refractivity contribution in [1.29, 1.82) is 0 Å². The van der Waals surface area contributed by atoms with Gasteiger partial charge in [0.05, 0.1) is 0 Å². The van der Waals surface area contributed by atoms with E-state index in [0.717, 1.165) is 40.5 Å². The monoisotopic (exact) mass is 390 g/mol. The topological polar surface area (TPSA) is 17.8 Å². The minimum absolute atomic E-state index is 0.199. The number of aromatic nitrogens is 2. The van der Waals surface area contributed by atoms with E-state index in [9.17, 15) is 4.39 Å². The third-order valence-electron chi connectivity index (χ3n) is 6.62. The van der Waals surface area contributed by atoms with Crippen molar-refractivity contribution in [3.63, 3.8) is 0 Å². The van der Waals surface area contributed by atoms with Gasteiger partial charge in [-0.2, -0.15) is 5.10 Å². The van der Waals surface area contributed by atoms with Gasteiger partial charge in [0.15, 0.2) is 0 Å². The molecule has 3 aromatic rings. The highest BCUT2D eigenvalue weighted by molar-refractivity contribution is 5.83. The second-order valence-corrected chi connectivity index (χ2v) is 8.64. The van der Waals surface area contributed by atoms with E-state index in [-0.39, 0.29) is 5.82 Å². The van der Waals surface area contributed by atoms with Crippen molar-refractivity contribution in [2.45, 2.75) is 59.4 Å².